The number of allylic oxidation sites excluding steroid dienone is 2. The zero-order valence-electron chi connectivity index (χ0n) is 15.3. The molecule has 5 nitrogen and oxygen atoms in total. The first kappa shape index (κ1) is 18.9. The van der Waals surface area contributed by atoms with Crippen LogP contribution in [0.15, 0.2) is 75.0 Å². The summed E-state index contributed by atoms with van der Waals surface area (Å²) in [5, 5.41) is 16.8. The molecule has 1 amide bonds. The van der Waals surface area contributed by atoms with Crippen molar-refractivity contribution in [3.05, 3.63) is 76.4 Å². The summed E-state index contributed by atoms with van der Waals surface area (Å²) in [6.07, 6.45) is 2.55. The van der Waals surface area contributed by atoms with E-state index in [4.69, 9.17) is 4.42 Å². The van der Waals surface area contributed by atoms with Gasteiger partial charge in [-0.15, -0.1) is 11.8 Å². The average Bonchev–Trinajstić information content (AvgIpc) is 3.20. The van der Waals surface area contributed by atoms with Crippen molar-refractivity contribution in [2.45, 2.75) is 26.2 Å². The molecule has 6 heteroatoms. The van der Waals surface area contributed by atoms with Crippen molar-refractivity contribution in [3.8, 4) is 6.07 Å². The Labute approximate surface area is 163 Å². The van der Waals surface area contributed by atoms with Gasteiger partial charge in [-0.3, -0.25) is 4.79 Å². The van der Waals surface area contributed by atoms with Crippen molar-refractivity contribution in [1.82, 2.24) is 5.32 Å². The standard InChI is InChI=1S/C21H21N3O2S/c1-3-12-27-21-16(13-22)19(17-10-7-11-26-17)18(14(2)23-21)20(25)24-15-8-5-4-6-9-15/h4-11,19,23H,3,12H2,1-2H3,(H,24,25)/t19-/m1/s1. The van der Waals surface area contributed by atoms with Crippen LogP contribution in [0.5, 0.6) is 0 Å². The summed E-state index contributed by atoms with van der Waals surface area (Å²) in [5.41, 5.74) is 2.43. The number of carbonyl (C=O) groups excluding carboxylic acids is 1. The molecule has 0 aliphatic carbocycles. The number of furan rings is 1. The number of nitriles is 1. The molecule has 0 unspecified atom stereocenters. The number of carbonyl (C=O) groups is 1. The topological polar surface area (TPSA) is 78.1 Å². The molecule has 1 aromatic heterocycles. The minimum absolute atomic E-state index is 0.250. The molecule has 2 N–H and O–H groups in total. The van der Waals surface area contributed by atoms with Crippen LogP contribution in [0.25, 0.3) is 0 Å². The molecule has 27 heavy (non-hydrogen) atoms. The summed E-state index contributed by atoms with van der Waals surface area (Å²) in [4.78, 5) is 13.1. The fourth-order valence-corrected chi connectivity index (χ4v) is 3.94. The number of rotatable bonds is 6. The SMILES string of the molecule is CCCSC1=C(C#N)[C@H](c2ccco2)C(C(=O)Nc2ccccc2)=C(C)N1. The van der Waals surface area contributed by atoms with Gasteiger partial charge in [0.1, 0.15) is 5.76 Å². The summed E-state index contributed by atoms with van der Waals surface area (Å²) >= 11 is 1.59. The van der Waals surface area contributed by atoms with Crippen LogP contribution in [0.2, 0.25) is 0 Å². The largest absolute Gasteiger partial charge is 0.468 e. The number of nitrogens with zero attached hydrogens (tertiary/aromatic N) is 1. The van der Waals surface area contributed by atoms with Crippen molar-refractivity contribution < 1.29 is 9.21 Å². The number of nitrogens with one attached hydrogen (secondary N) is 2. The van der Waals surface area contributed by atoms with E-state index in [9.17, 15) is 10.1 Å². The Hall–Kier alpha value is -2.91. The fourth-order valence-electron chi connectivity index (χ4n) is 2.99. The van der Waals surface area contributed by atoms with E-state index >= 15 is 0 Å². The fraction of sp³-hybridized carbons (Fsp3) is 0.238. The molecule has 138 valence electrons. The van der Waals surface area contributed by atoms with Crippen LogP contribution in [-0.4, -0.2) is 11.7 Å². The predicted octanol–water partition coefficient (Wildman–Crippen LogP) is 4.76. The first-order valence-corrected chi connectivity index (χ1v) is 9.79. The lowest BCUT2D eigenvalue weighted by atomic mass is 9.85. The maximum atomic E-state index is 13.1. The second-order valence-corrected chi connectivity index (χ2v) is 7.24. The molecule has 3 rings (SSSR count). The van der Waals surface area contributed by atoms with E-state index in [1.54, 1.807) is 30.2 Å². The Balaban J connectivity index is 2.01. The van der Waals surface area contributed by atoms with Crippen molar-refractivity contribution in [2.24, 2.45) is 0 Å². The molecule has 0 radical (unpaired) electrons. The second-order valence-electron chi connectivity index (χ2n) is 6.14. The Morgan fingerprint density at radius 1 is 1.30 bits per heavy atom. The zero-order chi connectivity index (χ0) is 19.2. The molecular formula is C21H21N3O2S. The number of anilines is 1. The summed E-state index contributed by atoms with van der Waals surface area (Å²) in [5.74, 6) is 0.687. The van der Waals surface area contributed by atoms with Gasteiger partial charge < -0.3 is 15.1 Å². The Morgan fingerprint density at radius 2 is 2.07 bits per heavy atom. The van der Waals surface area contributed by atoms with Gasteiger partial charge in [-0.2, -0.15) is 5.26 Å². The molecule has 0 bridgehead atoms. The highest BCUT2D eigenvalue weighted by atomic mass is 32.2. The quantitative estimate of drug-likeness (QED) is 0.757. The molecule has 0 fully saturated rings. The zero-order valence-corrected chi connectivity index (χ0v) is 16.1. The van der Waals surface area contributed by atoms with Gasteiger partial charge in [0, 0.05) is 11.4 Å². The van der Waals surface area contributed by atoms with Gasteiger partial charge >= 0.3 is 0 Å². The van der Waals surface area contributed by atoms with Crippen molar-refractivity contribution in [3.63, 3.8) is 0 Å². The first-order chi connectivity index (χ1) is 13.2. The third-order valence-electron chi connectivity index (χ3n) is 4.20. The van der Waals surface area contributed by atoms with E-state index in [1.807, 2.05) is 37.3 Å². The second kappa shape index (κ2) is 8.65. The van der Waals surface area contributed by atoms with Crippen LogP contribution in [-0.2, 0) is 4.79 Å². The van der Waals surface area contributed by atoms with E-state index in [2.05, 4.69) is 23.6 Å². The molecule has 2 aromatic rings. The lowest BCUT2D eigenvalue weighted by Gasteiger charge is -2.28. The molecule has 1 aromatic carbocycles. The van der Waals surface area contributed by atoms with Crippen LogP contribution >= 0.6 is 11.8 Å². The van der Waals surface area contributed by atoms with Gasteiger partial charge in [-0.25, -0.2) is 0 Å². The highest BCUT2D eigenvalue weighted by Gasteiger charge is 2.36. The van der Waals surface area contributed by atoms with Crippen LogP contribution in [0.4, 0.5) is 5.69 Å². The smallest absolute Gasteiger partial charge is 0.254 e. The van der Waals surface area contributed by atoms with Gasteiger partial charge in [0.2, 0.25) is 0 Å². The van der Waals surface area contributed by atoms with Crippen LogP contribution in [0.1, 0.15) is 31.9 Å². The average molecular weight is 379 g/mol. The number of amides is 1. The van der Waals surface area contributed by atoms with Gasteiger partial charge in [0.25, 0.3) is 5.91 Å². The van der Waals surface area contributed by atoms with Crippen molar-refractivity contribution in [1.29, 1.82) is 5.26 Å². The van der Waals surface area contributed by atoms with Crippen LogP contribution in [0.3, 0.4) is 0 Å². The van der Waals surface area contributed by atoms with E-state index in [0.29, 0.717) is 22.6 Å². The Bertz CT molecular complexity index is 909. The van der Waals surface area contributed by atoms with E-state index in [-0.39, 0.29) is 5.91 Å². The van der Waals surface area contributed by atoms with E-state index in [1.165, 1.54) is 0 Å². The molecule has 0 saturated heterocycles. The lowest BCUT2D eigenvalue weighted by Crippen LogP contribution is -2.30. The molecule has 1 atom stereocenters. The molecule has 0 saturated carbocycles. The predicted molar refractivity (Wildman–Crippen MR) is 108 cm³/mol. The third-order valence-corrected chi connectivity index (χ3v) is 5.42. The number of hydrogen-bond donors (Lipinski definition) is 2. The number of dihydropyridines is 1. The number of benzene rings is 1. The molecular weight excluding hydrogens is 358 g/mol. The van der Waals surface area contributed by atoms with E-state index in [0.717, 1.165) is 22.9 Å². The maximum absolute atomic E-state index is 13.1. The van der Waals surface area contributed by atoms with Crippen molar-refractivity contribution in [2.75, 3.05) is 11.1 Å². The monoisotopic (exact) mass is 379 g/mol. The molecule has 1 aliphatic rings. The number of hydrogen-bond acceptors (Lipinski definition) is 5. The highest BCUT2D eigenvalue weighted by molar-refractivity contribution is 8.03. The summed E-state index contributed by atoms with van der Waals surface area (Å²) in [6, 6.07) is 15.1. The van der Waals surface area contributed by atoms with Gasteiger partial charge in [-0.05, 0) is 43.4 Å². The highest BCUT2D eigenvalue weighted by Crippen LogP contribution is 2.41. The Morgan fingerprint density at radius 3 is 2.70 bits per heavy atom. The first-order valence-electron chi connectivity index (χ1n) is 8.80. The molecule has 1 aliphatic heterocycles. The van der Waals surface area contributed by atoms with Gasteiger partial charge in [-0.1, -0.05) is 25.1 Å². The van der Waals surface area contributed by atoms with Gasteiger partial charge in [0.15, 0.2) is 0 Å². The third kappa shape index (κ3) is 4.09. The van der Waals surface area contributed by atoms with E-state index < -0.39 is 5.92 Å². The maximum Gasteiger partial charge on any atom is 0.254 e. The summed E-state index contributed by atoms with van der Waals surface area (Å²) in [7, 11) is 0. The Kier molecular flexibility index (Phi) is 6.05. The normalized spacial score (nSPS) is 16.7. The minimum atomic E-state index is -0.533. The molecule has 0 spiro atoms. The number of thioether (sulfide) groups is 1. The van der Waals surface area contributed by atoms with Crippen LogP contribution in [0, 0.1) is 11.3 Å². The summed E-state index contributed by atoms with van der Waals surface area (Å²) < 4.78 is 5.60. The van der Waals surface area contributed by atoms with Crippen LogP contribution < -0.4 is 10.6 Å². The minimum Gasteiger partial charge on any atom is -0.468 e. The van der Waals surface area contributed by atoms with Gasteiger partial charge in [0.05, 0.1) is 34.4 Å². The van der Waals surface area contributed by atoms with Crippen molar-refractivity contribution >= 4 is 23.4 Å². The summed E-state index contributed by atoms with van der Waals surface area (Å²) in [6.45, 7) is 3.95. The molecule has 2 heterocycles. The number of para-hydroxylation sites is 1. The lowest BCUT2D eigenvalue weighted by molar-refractivity contribution is -0.113.